The Hall–Kier alpha value is -3.39. The normalized spacial score (nSPS) is 15.3. The first-order chi connectivity index (χ1) is 16.8. The van der Waals surface area contributed by atoms with Crippen molar-refractivity contribution in [1.82, 2.24) is 15.1 Å². The third kappa shape index (κ3) is 6.19. The molecule has 2 aliphatic rings. The van der Waals surface area contributed by atoms with Crippen LogP contribution in [0.1, 0.15) is 36.3 Å². The van der Waals surface area contributed by atoms with Gasteiger partial charge in [-0.3, -0.25) is 9.59 Å². The molecule has 8 nitrogen and oxygen atoms in total. The summed E-state index contributed by atoms with van der Waals surface area (Å²) in [7, 11) is 3.72. The van der Waals surface area contributed by atoms with Crippen molar-refractivity contribution < 1.29 is 24.2 Å². The number of carbonyl (C=O) groups excluding carboxylic acids is 2. The molecule has 186 valence electrons. The number of rotatable bonds is 11. The molecule has 2 aromatic carbocycles. The Labute approximate surface area is 205 Å². The second kappa shape index (κ2) is 10.9. The van der Waals surface area contributed by atoms with Crippen molar-refractivity contribution in [3.8, 4) is 11.1 Å². The molecular weight excluding hydrogens is 446 g/mol. The van der Waals surface area contributed by atoms with Crippen molar-refractivity contribution in [2.45, 2.75) is 31.2 Å². The molecule has 0 saturated heterocycles. The smallest absolute Gasteiger partial charge is 0.407 e. The van der Waals surface area contributed by atoms with Crippen LogP contribution in [0.25, 0.3) is 11.1 Å². The van der Waals surface area contributed by atoms with E-state index in [2.05, 4.69) is 29.6 Å². The van der Waals surface area contributed by atoms with Gasteiger partial charge in [-0.25, -0.2) is 4.79 Å². The quantitative estimate of drug-likeness (QED) is 0.514. The summed E-state index contributed by atoms with van der Waals surface area (Å²) in [5.74, 6) is -1.18. The van der Waals surface area contributed by atoms with E-state index in [1.807, 2.05) is 43.3 Å². The Balaban J connectivity index is 1.42. The minimum absolute atomic E-state index is 0.0747. The van der Waals surface area contributed by atoms with Crippen molar-refractivity contribution >= 4 is 18.0 Å². The van der Waals surface area contributed by atoms with E-state index in [0.29, 0.717) is 18.9 Å². The number of benzene rings is 2. The molecule has 2 amide bonds. The molecule has 35 heavy (non-hydrogen) atoms. The van der Waals surface area contributed by atoms with Gasteiger partial charge in [-0.1, -0.05) is 61.4 Å². The third-order valence-corrected chi connectivity index (χ3v) is 6.65. The standard InChI is InChI=1S/C27H33N3O5/c1-29(2)13-14-30(16-25(31)32)26(33)24(15-18-11-12-18)28-27(34)35-17-23-21-9-5-3-7-19(21)20-8-4-6-10-22(20)23/h3-10,18,23-24H,11-17H2,1-2H3,(H,28,34)(H,31,32)/t24-/m0/s1. The second-order valence-corrected chi connectivity index (χ2v) is 9.66. The average molecular weight is 480 g/mol. The first kappa shape index (κ1) is 24.7. The van der Waals surface area contributed by atoms with Gasteiger partial charge in [-0.05, 0) is 48.7 Å². The first-order valence-corrected chi connectivity index (χ1v) is 12.1. The van der Waals surface area contributed by atoms with Crippen LogP contribution in [0.5, 0.6) is 0 Å². The number of alkyl carbamates (subject to hydrolysis) is 1. The molecule has 4 rings (SSSR count). The monoisotopic (exact) mass is 479 g/mol. The predicted octanol–water partition coefficient (Wildman–Crippen LogP) is 3.17. The van der Waals surface area contributed by atoms with Crippen LogP contribution in [0.2, 0.25) is 0 Å². The van der Waals surface area contributed by atoms with Gasteiger partial charge in [0.15, 0.2) is 0 Å². The molecule has 8 heteroatoms. The molecular formula is C27H33N3O5. The topological polar surface area (TPSA) is 99.2 Å². The zero-order chi connectivity index (χ0) is 24.9. The number of aliphatic carboxylic acids is 1. The fourth-order valence-electron chi connectivity index (χ4n) is 4.66. The number of hydrogen-bond acceptors (Lipinski definition) is 5. The summed E-state index contributed by atoms with van der Waals surface area (Å²) in [5, 5.41) is 12.0. The average Bonchev–Trinajstić information content (AvgIpc) is 3.59. The van der Waals surface area contributed by atoms with Crippen molar-refractivity contribution in [2.24, 2.45) is 5.92 Å². The molecule has 2 N–H and O–H groups in total. The van der Waals surface area contributed by atoms with Crippen molar-refractivity contribution in [1.29, 1.82) is 0 Å². The van der Waals surface area contributed by atoms with Crippen LogP contribution < -0.4 is 5.32 Å². The van der Waals surface area contributed by atoms with Crippen LogP contribution in [-0.2, 0) is 14.3 Å². The summed E-state index contributed by atoms with van der Waals surface area (Å²) < 4.78 is 5.64. The number of amides is 2. The minimum atomic E-state index is -1.08. The van der Waals surface area contributed by atoms with E-state index in [9.17, 15) is 19.5 Å². The Morgan fingerprint density at radius 2 is 1.60 bits per heavy atom. The molecule has 0 radical (unpaired) electrons. The molecule has 1 saturated carbocycles. The highest BCUT2D eigenvalue weighted by molar-refractivity contribution is 5.88. The highest BCUT2D eigenvalue weighted by atomic mass is 16.5. The number of nitrogens with one attached hydrogen (secondary N) is 1. The number of likely N-dealkylation sites (N-methyl/N-ethyl adjacent to an activating group) is 1. The number of carbonyl (C=O) groups is 3. The molecule has 2 aromatic rings. The molecule has 1 fully saturated rings. The minimum Gasteiger partial charge on any atom is -0.480 e. The second-order valence-electron chi connectivity index (χ2n) is 9.66. The Kier molecular flexibility index (Phi) is 7.70. The molecule has 0 aliphatic heterocycles. The highest BCUT2D eigenvalue weighted by Gasteiger charge is 2.34. The van der Waals surface area contributed by atoms with Crippen molar-refractivity contribution in [3.63, 3.8) is 0 Å². The van der Waals surface area contributed by atoms with E-state index >= 15 is 0 Å². The van der Waals surface area contributed by atoms with Crippen LogP contribution in [-0.4, -0.2) is 79.3 Å². The van der Waals surface area contributed by atoms with Gasteiger partial charge in [-0.15, -0.1) is 0 Å². The molecule has 0 heterocycles. The van der Waals surface area contributed by atoms with Crippen LogP contribution in [0.3, 0.4) is 0 Å². The Morgan fingerprint density at radius 1 is 1.00 bits per heavy atom. The fourth-order valence-corrected chi connectivity index (χ4v) is 4.66. The van der Waals surface area contributed by atoms with Crippen molar-refractivity contribution in [2.75, 3.05) is 40.3 Å². The van der Waals surface area contributed by atoms with E-state index in [1.165, 1.54) is 4.90 Å². The first-order valence-electron chi connectivity index (χ1n) is 12.1. The van der Waals surface area contributed by atoms with E-state index in [1.54, 1.807) is 0 Å². The molecule has 0 bridgehead atoms. The Morgan fingerprint density at radius 3 is 2.14 bits per heavy atom. The lowest BCUT2D eigenvalue weighted by Crippen LogP contribution is -2.51. The molecule has 0 spiro atoms. The van der Waals surface area contributed by atoms with Gasteiger partial charge in [0, 0.05) is 19.0 Å². The van der Waals surface area contributed by atoms with Crippen LogP contribution in [0, 0.1) is 5.92 Å². The van der Waals surface area contributed by atoms with Crippen molar-refractivity contribution in [3.05, 3.63) is 59.7 Å². The maximum Gasteiger partial charge on any atom is 0.407 e. The largest absolute Gasteiger partial charge is 0.480 e. The van der Waals surface area contributed by atoms with E-state index in [4.69, 9.17) is 4.74 Å². The van der Waals surface area contributed by atoms with Gasteiger partial charge in [0.25, 0.3) is 0 Å². The van der Waals surface area contributed by atoms with E-state index in [-0.39, 0.29) is 25.0 Å². The van der Waals surface area contributed by atoms with E-state index in [0.717, 1.165) is 35.1 Å². The van der Waals surface area contributed by atoms with Gasteiger partial charge in [-0.2, -0.15) is 0 Å². The number of fused-ring (bicyclic) bond motifs is 3. The lowest BCUT2D eigenvalue weighted by atomic mass is 9.98. The summed E-state index contributed by atoms with van der Waals surface area (Å²) >= 11 is 0. The molecule has 1 atom stereocenters. The Bertz CT molecular complexity index is 1040. The number of hydrogen-bond donors (Lipinski definition) is 2. The maximum atomic E-state index is 13.3. The van der Waals surface area contributed by atoms with Crippen LogP contribution in [0.4, 0.5) is 4.79 Å². The van der Waals surface area contributed by atoms with Gasteiger partial charge >= 0.3 is 12.1 Å². The summed E-state index contributed by atoms with van der Waals surface area (Å²) in [4.78, 5) is 40.6. The number of carboxylic acid groups (broad SMARTS) is 1. The lowest BCUT2D eigenvalue weighted by Gasteiger charge is -2.28. The molecule has 0 unspecified atom stereocenters. The molecule has 2 aliphatic carbocycles. The van der Waals surface area contributed by atoms with Gasteiger partial charge < -0.3 is 25.0 Å². The van der Waals surface area contributed by atoms with E-state index < -0.39 is 24.6 Å². The van der Waals surface area contributed by atoms with Crippen LogP contribution in [0.15, 0.2) is 48.5 Å². The fraction of sp³-hybridized carbons (Fsp3) is 0.444. The lowest BCUT2D eigenvalue weighted by molar-refractivity contribution is -0.145. The summed E-state index contributed by atoms with van der Waals surface area (Å²) in [6, 6.07) is 15.4. The number of carboxylic acids is 1. The summed E-state index contributed by atoms with van der Waals surface area (Å²) in [5.41, 5.74) is 4.51. The SMILES string of the molecule is CN(C)CCN(CC(=O)O)C(=O)[C@H](CC1CC1)NC(=O)OCC1c2ccccc2-c2ccccc21. The van der Waals surface area contributed by atoms with Gasteiger partial charge in [0.1, 0.15) is 19.2 Å². The number of ether oxygens (including phenoxy) is 1. The van der Waals surface area contributed by atoms with Gasteiger partial charge in [0.2, 0.25) is 5.91 Å². The van der Waals surface area contributed by atoms with Gasteiger partial charge in [0.05, 0.1) is 0 Å². The summed E-state index contributed by atoms with van der Waals surface area (Å²) in [6.45, 7) is 0.551. The number of nitrogens with zero attached hydrogens (tertiary/aromatic N) is 2. The maximum absolute atomic E-state index is 13.3. The van der Waals surface area contributed by atoms with Crippen LogP contribution >= 0.6 is 0 Å². The zero-order valence-electron chi connectivity index (χ0n) is 20.3. The predicted molar refractivity (Wildman–Crippen MR) is 132 cm³/mol. The highest BCUT2D eigenvalue weighted by Crippen LogP contribution is 2.44. The third-order valence-electron chi connectivity index (χ3n) is 6.65. The zero-order valence-corrected chi connectivity index (χ0v) is 20.3. The molecule has 0 aromatic heterocycles. The summed E-state index contributed by atoms with van der Waals surface area (Å²) in [6.07, 6.45) is 1.84.